The van der Waals surface area contributed by atoms with Gasteiger partial charge in [-0.15, -0.1) is 0 Å². The van der Waals surface area contributed by atoms with Crippen LogP contribution < -0.4 is 5.32 Å². The van der Waals surface area contributed by atoms with E-state index in [1.54, 1.807) is 0 Å². The first-order valence-electron chi connectivity index (χ1n) is 31.8. The highest BCUT2D eigenvalue weighted by molar-refractivity contribution is 6.03. The molecule has 2 saturated heterocycles. The molecule has 434 valence electrons. The van der Waals surface area contributed by atoms with E-state index in [2.05, 4.69) is 87.0 Å². The Labute approximate surface area is 472 Å². The molecule has 1 spiro atoms. The summed E-state index contributed by atoms with van der Waals surface area (Å²) in [7, 11) is 1.98. The number of hydrogen-bond acceptors (Lipinski definition) is 9. The van der Waals surface area contributed by atoms with Gasteiger partial charge in [-0.25, -0.2) is 0 Å². The maximum absolute atomic E-state index is 16.6. The van der Waals surface area contributed by atoms with E-state index in [4.69, 9.17) is 9.47 Å². The minimum Gasteiger partial charge on any atom is -0.393 e. The number of hydrogen-bond donors (Lipinski definition) is 6. The number of ether oxygens (including phenoxy) is 2. The molecule has 3 aromatic rings. The quantitative estimate of drug-likeness (QED) is 0.0680. The van der Waals surface area contributed by atoms with Crippen molar-refractivity contribution in [1.29, 1.82) is 0 Å². The number of H-pyrrole nitrogens is 1. The zero-order chi connectivity index (χ0) is 55.9. The first kappa shape index (κ1) is 56.3. The second-order valence-corrected chi connectivity index (χ2v) is 29.8. The molecule has 5 saturated carbocycles. The van der Waals surface area contributed by atoms with Crippen LogP contribution in [0.4, 0.5) is 0 Å². The van der Waals surface area contributed by atoms with Crippen LogP contribution in [0.15, 0.2) is 41.7 Å². The standard InChI is InChI=1S/C68H99N3O8/c1-10-11-13-18-49-58(76)54-53-48(57(75)59-64(6,65(49,53)7)23-21-51-63(5,25-28-69-9)52(74)37-67(66(51,59)8)24-20-47(72)35-67)40-71-39-45(55-56(71)43(38-70-55)19-22-62(54,4)36-50(73)60-61(2,3)79-60)32-41-31-44(42-16-14-12-15-17-42)34-46(33-41)68(77)26-29-78-30-27-68/h31,33-34,38-39,42,47-51,57,59-60,69-70,72-73,75,77H,10-30,32,35-37,40H2,1-9H3/t47-,48-,49+,50-,51+,57-,59+,60-,62+,63+,64+,65+,66-,67-/m1/s1. The summed E-state index contributed by atoms with van der Waals surface area (Å²) in [4.78, 5) is 35.6. The van der Waals surface area contributed by atoms with Crippen molar-refractivity contribution in [2.24, 2.45) is 56.2 Å². The van der Waals surface area contributed by atoms with Gasteiger partial charge in [0.2, 0.25) is 0 Å². The van der Waals surface area contributed by atoms with Crippen molar-refractivity contribution < 1.29 is 39.5 Å². The molecule has 1 aromatic carbocycles. The van der Waals surface area contributed by atoms with Gasteiger partial charge in [-0.1, -0.05) is 98.3 Å². The summed E-state index contributed by atoms with van der Waals surface area (Å²) >= 11 is 0. The zero-order valence-electron chi connectivity index (χ0n) is 49.8. The summed E-state index contributed by atoms with van der Waals surface area (Å²) in [5.41, 5.74) is 5.19. The van der Waals surface area contributed by atoms with E-state index in [-0.39, 0.29) is 29.6 Å². The van der Waals surface area contributed by atoms with Crippen LogP contribution >= 0.6 is 0 Å². The van der Waals surface area contributed by atoms with Crippen LogP contribution in [0.2, 0.25) is 0 Å². The number of epoxide rings is 1. The fourth-order valence-corrected chi connectivity index (χ4v) is 20.8. The normalized spacial score (nSPS) is 40.2. The molecule has 11 nitrogen and oxygen atoms in total. The minimum absolute atomic E-state index is 0.0201. The van der Waals surface area contributed by atoms with Gasteiger partial charge in [-0.3, -0.25) is 9.59 Å². The molecule has 79 heavy (non-hydrogen) atoms. The van der Waals surface area contributed by atoms with Gasteiger partial charge in [0, 0.05) is 86.1 Å². The van der Waals surface area contributed by atoms with Gasteiger partial charge in [-0.2, -0.15) is 0 Å². The lowest BCUT2D eigenvalue weighted by Gasteiger charge is -2.74. The number of aromatic amines is 1. The van der Waals surface area contributed by atoms with Crippen LogP contribution in [0.1, 0.15) is 218 Å². The summed E-state index contributed by atoms with van der Waals surface area (Å²) in [5.74, 6) is -0.0467. The van der Waals surface area contributed by atoms with Gasteiger partial charge in [-0.05, 0) is 177 Å². The Morgan fingerprint density at radius 3 is 2.34 bits per heavy atom. The number of carbonyl (C=O) groups is 2. The third-order valence-corrected chi connectivity index (χ3v) is 25.2. The number of aromatic nitrogens is 2. The van der Waals surface area contributed by atoms with E-state index in [9.17, 15) is 20.4 Å². The number of unbranched alkanes of at least 4 members (excludes halogenated alkanes) is 2. The summed E-state index contributed by atoms with van der Waals surface area (Å²) in [6.07, 6.45) is 20.2. The van der Waals surface area contributed by atoms with Crippen molar-refractivity contribution in [2.45, 2.75) is 245 Å². The Morgan fingerprint density at radius 2 is 1.66 bits per heavy atom. The third-order valence-electron chi connectivity index (χ3n) is 25.2. The number of fused-ring (bicyclic) bond motifs is 5. The first-order valence-corrected chi connectivity index (χ1v) is 31.8. The topological polar surface area (TPSA) is 170 Å². The van der Waals surface area contributed by atoms with Crippen LogP contribution in [0, 0.1) is 56.2 Å². The molecule has 0 bridgehead atoms. The lowest BCUT2D eigenvalue weighted by Crippen LogP contribution is -2.73. The number of aryl methyl sites for hydroxylation is 1. The summed E-state index contributed by atoms with van der Waals surface area (Å²) < 4.78 is 14.5. The monoisotopic (exact) mass is 1090 g/mol. The van der Waals surface area contributed by atoms with Crippen LogP contribution in [0.3, 0.4) is 0 Å². The molecular weight excluding hydrogens is 987 g/mol. The van der Waals surface area contributed by atoms with Crippen molar-refractivity contribution in [1.82, 2.24) is 14.9 Å². The third kappa shape index (κ3) is 8.52. The van der Waals surface area contributed by atoms with Gasteiger partial charge < -0.3 is 44.8 Å². The van der Waals surface area contributed by atoms with Crippen LogP contribution in [0.5, 0.6) is 0 Å². The number of Topliss-reactive ketones (excluding diaryl/α,β-unsaturated/α-hetero) is 2. The Morgan fingerprint density at radius 1 is 0.911 bits per heavy atom. The summed E-state index contributed by atoms with van der Waals surface area (Å²) in [6, 6.07) is 7.01. The average molecular weight is 1090 g/mol. The number of aliphatic hydroxyl groups is 4. The number of nitrogens with one attached hydrogen (secondary N) is 2. The van der Waals surface area contributed by atoms with E-state index in [1.165, 1.54) is 54.4 Å². The van der Waals surface area contributed by atoms with E-state index in [0.717, 1.165) is 85.7 Å². The second-order valence-electron chi connectivity index (χ2n) is 29.8. The SMILES string of the molecule is CCCCC[C@H]1C(=O)C2=C3[C@@H](Cn4cc(Cc5cc(C6CCCCC6)cc(C6(O)CCOCC6)c5)c5[nH]cc(c54)CC[C@@]2(C)C[C@@H](O)[C@H]2OC2(C)C)[C@@H](O)[C@@H]2[C@@]4(C)[C@@H](CC[C@]2(C)[C@]31C)[C@](C)(CCNC)C(=O)C[C@]41CC[C@@H](O)C1. The summed E-state index contributed by atoms with van der Waals surface area (Å²) in [6.45, 7) is 20.5. The highest BCUT2D eigenvalue weighted by Gasteiger charge is 2.79. The maximum Gasteiger partial charge on any atom is 0.163 e. The summed E-state index contributed by atoms with van der Waals surface area (Å²) in [5, 5.41) is 54.4. The van der Waals surface area contributed by atoms with Crippen molar-refractivity contribution in [3.63, 3.8) is 0 Å². The molecule has 2 aromatic heterocycles. The molecule has 6 aliphatic carbocycles. The Kier molecular flexibility index (Phi) is 14.3. The Bertz CT molecular complexity index is 2870. The number of allylic oxidation sites excluding steroid dienone is 1. The van der Waals surface area contributed by atoms with Crippen molar-refractivity contribution in [3.05, 3.63) is 69.6 Å². The molecular formula is C68H99N3O8. The highest BCUT2D eigenvalue weighted by Crippen LogP contribution is 2.81. The molecule has 9 aliphatic rings. The first-order chi connectivity index (χ1) is 37.5. The molecule has 3 aliphatic heterocycles. The average Bonchev–Trinajstić information content (AvgIpc) is 2.24. The van der Waals surface area contributed by atoms with Crippen LogP contribution in [0.25, 0.3) is 11.0 Å². The number of aliphatic hydroxyl groups excluding tert-OH is 3. The molecule has 0 unspecified atom stereocenters. The fourth-order valence-electron chi connectivity index (χ4n) is 20.8. The van der Waals surface area contributed by atoms with Crippen molar-refractivity contribution >= 4 is 22.6 Å². The molecule has 0 amide bonds. The van der Waals surface area contributed by atoms with E-state index >= 15 is 9.59 Å². The Balaban J connectivity index is 1.06. The Hall–Kier alpha value is -3.16. The molecule has 5 heterocycles. The molecule has 7 fully saturated rings. The maximum atomic E-state index is 16.6. The van der Waals surface area contributed by atoms with E-state index < -0.39 is 67.9 Å². The van der Waals surface area contributed by atoms with Gasteiger partial charge >= 0.3 is 0 Å². The lowest BCUT2D eigenvalue weighted by molar-refractivity contribution is -0.267. The predicted octanol–water partition coefficient (Wildman–Crippen LogP) is 11.7. The smallest absolute Gasteiger partial charge is 0.163 e. The molecule has 12 rings (SSSR count). The van der Waals surface area contributed by atoms with Gasteiger partial charge in [0.05, 0.1) is 40.5 Å². The van der Waals surface area contributed by atoms with Crippen LogP contribution in [-0.4, -0.2) is 98.4 Å². The van der Waals surface area contributed by atoms with Gasteiger partial charge in [0.15, 0.2) is 5.78 Å². The fraction of sp³-hybridized carbons (Fsp3) is 0.765. The number of benzene rings is 1. The van der Waals surface area contributed by atoms with Gasteiger partial charge in [0.25, 0.3) is 0 Å². The predicted molar refractivity (Wildman–Crippen MR) is 310 cm³/mol. The van der Waals surface area contributed by atoms with Crippen molar-refractivity contribution in [2.75, 3.05) is 26.8 Å². The lowest BCUT2D eigenvalue weighted by atomic mass is 9.29. The number of rotatable bonds is 14. The molecule has 0 radical (unpaired) electrons. The van der Waals surface area contributed by atoms with E-state index in [1.807, 2.05) is 20.9 Å². The van der Waals surface area contributed by atoms with Crippen LogP contribution in [-0.2, 0) is 44.1 Å². The number of carbonyl (C=O) groups excluding carboxylic acids is 2. The van der Waals surface area contributed by atoms with E-state index in [0.29, 0.717) is 89.2 Å². The van der Waals surface area contributed by atoms with Gasteiger partial charge in [0.1, 0.15) is 11.9 Å². The molecule has 11 heteroatoms. The molecule has 6 N–H and O–H groups in total. The van der Waals surface area contributed by atoms with Crippen molar-refractivity contribution in [3.8, 4) is 0 Å². The molecule has 14 atom stereocenters. The minimum atomic E-state index is -0.938. The highest BCUT2D eigenvalue weighted by atomic mass is 16.6. The largest absolute Gasteiger partial charge is 0.393 e. The number of ketones is 2. The zero-order valence-corrected chi connectivity index (χ0v) is 49.8. The number of nitrogens with zero attached hydrogens (tertiary/aromatic N) is 1. The second kappa shape index (κ2) is 20.0.